The van der Waals surface area contributed by atoms with Crippen LogP contribution in [0.3, 0.4) is 0 Å². The summed E-state index contributed by atoms with van der Waals surface area (Å²) in [5, 5.41) is 4.27. The van der Waals surface area contributed by atoms with Crippen LogP contribution in [0.15, 0.2) is 52.6 Å². The van der Waals surface area contributed by atoms with Gasteiger partial charge in [0.1, 0.15) is 10.7 Å². The molecule has 0 atom stereocenters. The Balaban J connectivity index is 0.00000240. The minimum Gasteiger partial charge on any atom is -1.00 e. The van der Waals surface area contributed by atoms with Crippen molar-refractivity contribution in [1.29, 1.82) is 0 Å². The van der Waals surface area contributed by atoms with Crippen molar-refractivity contribution in [3.63, 3.8) is 0 Å². The molecular weight excluding hydrogens is 427 g/mol. The average molecular weight is 442 g/mol. The Morgan fingerprint density at radius 3 is 2.47 bits per heavy atom. The van der Waals surface area contributed by atoms with Gasteiger partial charge in [0, 0.05) is 24.6 Å². The van der Waals surface area contributed by atoms with Gasteiger partial charge in [-0.1, -0.05) is 18.2 Å². The van der Waals surface area contributed by atoms with Gasteiger partial charge in [-0.15, -0.1) is 5.06 Å². The predicted octanol–water partition coefficient (Wildman–Crippen LogP) is -1.89. The zero-order valence-corrected chi connectivity index (χ0v) is 18.5. The fourth-order valence-electron chi connectivity index (χ4n) is 2.36. The third kappa shape index (κ3) is 5.70. The predicted molar refractivity (Wildman–Crippen MR) is 99.3 cm³/mol. The number of hydrogen-bond donors (Lipinski definition) is 2. The first-order valence-electron chi connectivity index (χ1n) is 8.15. The number of amides is 2. The summed E-state index contributed by atoms with van der Waals surface area (Å²) in [4.78, 5) is 43.3. The van der Waals surface area contributed by atoms with Gasteiger partial charge in [0.25, 0.3) is 21.9 Å². The van der Waals surface area contributed by atoms with Crippen LogP contribution in [0, 0.1) is 0 Å². The summed E-state index contributed by atoms with van der Waals surface area (Å²) in [7, 11) is -4.40. The minimum atomic E-state index is -4.40. The topological polar surface area (TPSA) is 155 Å². The van der Waals surface area contributed by atoms with E-state index in [0.29, 0.717) is 5.06 Å². The number of aromatic nitrogens is 1. The number of hydroxylamine groups is 2. The molecule has 1 aromatic carbocycles. The van der Waals surface area contributed by atoms with Crippen molar-refractivity contribution in [2.75, 3.05) is 5.43 Å². The van der Waals surface area contributed by atoms with Crippen LogP contribution in [0.2, 0.25) is 0 Å². The van der Waals surface area contributed by atoms with Crippen LogP contribution in [0.5, 0.6) is 0 Å². The van der Waals surface area contributed by atoms with Crippen LogP contribution in [0.1, 0.15) is 30.2 Å². The normalized spacial score (nSPS) is 14.0. The number of nitrogens with zero attached hydrogens (tertiary/aromatic N) is 3. The first kappa shape index (κ1) is 23.6. The van der Waals surface area contributed by atoms with Gasteiger partial charge in [-0.3, -0.25) is 19.6 Å². The van der Waals surface area contributed by atoms with Gasteiger partial charge in [-0.05, 0) is 18.2 Å². The van der Waals surface area contributed by atoms with E-state index < -0.39 is 27.9 Å². The van der Waals surface area contributed by atoms with E-state index in [1.54, 1.807) is 6.07 Å². The fraction of sp³-hybridized carbons (Fsp3) is 0.118. The SMILES string of the molecule is O=C(ON1C(=O)CCC1=O)c1ccc(NN=Cc2ccccc2S(=O)(=O)O)nc1.[H-].[Na+]. The quantitative estimate of drug-likeness (QED) is 0.172. The zero-order chi connectivity index (χ0) is 21.0. The van der Waals surface area contributed by atoms with Crippen molar-refractivity contribution in [2.24, 2.45) is 5.10 Å². The molecule has 1 aliphatic rings. The second-order valence-corrected chi connectivity index (χ2v) is 7.17. The maximum atomic E-state index is 12.0. The van der Waals surface area contributed by atoms with E-state index in [1.165, 1.54) is 36.5 Å². The molecule has 1 aromatic heterocycles. The summed E-state index contributed by atoms with van der Waals surface area (Å²) in [5.41, 5.74) is 2.69. The zero-order valence-electron chi connectivity index (χ0n) is 16.7. The van der Waals surface area contributed by atoms with Crippen LogP contribution < -0.4 is 35.0 Å². The van der Waals surface area contributed by atoms with Crippen molar-refractivity contribution in [1.82, 2.24) is 10.0 Å². The molecule has 0 bridgehead atoms. The number of anilines is 1. The standard InChI is InChI=1S/C17H14N4O7S.Na.H/c22-15-7-8-16(23)21(15)28-17(24)12-5-6-14(18-9-12)20-19-10-11-3-1-2-4-13(11)29(25,26)27;;/h1-6,9-10H,7-8H2,(H,18,20)(H,25,26,27);;/q;+1;-1. The molecule has 11 nitrogen and oxygen atoms in total. The van der Waals surface area contributed by atoms with E-state index >= 15 is 0 Å². The first-order valence-corrected chi connectivity index (χ1v) is 9.59. The number of carbonyl (C=O) groups is 3. The van der Waals surface area contributed by atoms with Gasteiger partial charge in [0.2, 0.25) is 0 Å². The monoisotopic (exact) mass is 442 g/mol. The third-order valence-electron chi connectivity index (χ3n) is 3.76. The summed E-state index contributed by atoms with van der Waals surface area (Å²) < 4.78 is 31.8. The van der Waals surface area contributed by atoms with Gasteiger partial charge < -0.3 is 6.26 Å². The molecule has 1 fully saturated rings. The molecule has 2 N–H and O–H groups in total. The van der Waals surface area contributed by atoms with Crippen LogP contribution in [-0.4, -0.2) is 47.0 Å². The van der Waals surface area contributed by atoms with Gasteiger partial charge >= 0.3 is 35.5 Å². The van der Waals surface area contributed by atoms with E-state index in [-0.39, 0.29) is 65.7 Å². The van der Waals surface area contributed by atoms with E-state index in [4.69, 9.17) is 4.84 Å². The number of carbonyl (C=O) groups excluding carboxylic acids is 3. The van der Waals surface area contributed by atoms with Crippen molar-refractivity contribution in [2.45, 2.75) is 17.7 Å². The minimum absolute atomic E-state index is 0. The van der Waals surface area contributed by atoms with Crippen LogP contribution >= 0.6 is 0 Å². The molecule has 152 valence electrons. The van der Waals surface area contributed by atoms with E-state index in [1.807, 2.05) is 0 Å². The Morgan fingerprint density at radius 2 is 1.87 bits per heavy atom. The second-order valence-electron chi connectivity index (χ2n) is 5.78. The summed E-state index contributed by atoms with van der Waals surface area (Å²) in [6.45, 7) is 0. The molecule has 2 aromatic rings. The summed E-state index contributed by atoms with van der Waals surface area (Å²) in [5.74, 6) is -1.88. The molecule has 1 aliphatic heterocycles. The summed E-state index contributed by atoms with van der Waals surface area (Å²) >= 11 is 0. The van der Waals surface area contributed by atoms with Crippen LogP contribution in [0.4, 0.5) is 5.82 Å². The Bertz CT molecular complexity index is 1090. The maximum absolute atomic E-state index is 12.0. The molecule has 13 heteroatoms. The molecule has 0 radical (unpaired) electrons. The molecule has 2 heterocycles. The molecule has 3 rings (SSSR count). The molecule has 2 amide bonds. The Hall–Kier alpha value is -2.64. The summed E-state index contributed by atoms with van der Waals surface area (Å²) in [6.07, 6.45) is 2.31. The number of pyridine rings is 1. The van der Waals surface area contributed by atoms with Crippen molar-refractivity contribution in [3.05, 3.63) is 53.7 Å². The number of rotatable bonds is 6. The Kier molecular flexibility index (Phi) is 7.81. The van der Waals surface area contributed by atoms with E-state index in [2.05, 4.69) is 15.5 Å². The van der Waals surface area contributed by atoms with Crippen molar-refractivity contribution in [3.8, 4) is 0 Å². The van der Waals surface area contributed by atoms with Gasteiger partial charge in [-0.25, -0.2) is 9.78 Å². The number of hydrazone groups is 1. The van der Waals surface area contributed by atoms with Gasteiger partial charge in [-0.2, -0.15) is 13.5 Å². The largest absolute Gasteiger partial charge is 1.00 e. The third-order valence-corrected chi connectivity index (χ3v) is 4.69. The Morgan fingerprint density at radius 1 is 1.20 bits per heavy atom. The van der Waals surface area contributed by atoms with Crippen LogP contribution in [-0.2, 0) is 24.5 Å². The molecule has 1 saturated heterocycles. The second kappa shape index (κ2) is 9.91. The number of hydrogen-bond acceptors (Lipinski definition) is 9. The molecule has 0 aliphatic carbocycles. The number of imide groups is 1. The molecular formula is C17H15N4NaO7S. The molecule has 0 unspecified atom stereocenters. The summed E-state index contributed by atoms with van der Waals surface area (Å²) in [6, 6.07) is 8.43. The van der Waals surface area contributed by atoms with E-state index in [0.717, 1.165) is 6.20 Å². The number of benzene rings is 1. The van der Waals surface area contributed by atoms with E-state index in [9.17, 15) is 27.4 Å². The number of nitrogens with one attached hydrogen (secondary N) is 1. The molecule has 0 saturated carbocycles. The van der Waals surface area contributed by atoms with Crippen LogP contribution in [0.25, 0.3) is 0 Å². The van der Waals surface area contributed by atoms with Gasteiger partial charge in [0.15, 0.2) is 0 Å². The Labute approximate surface area is 194 Å². The molecule has 30 heavy (non-hydrogen) atoms. The first-order chi connectivity index (χ1) is 13.8. The van der Waals surface area contributed by atoms with Crippen molar-refractivity contribution < 1.29 is 63.2 Å². The smallest absolute Gasteiger partial charge is 1.00 e. The maximum Gasteiger partial charge on any atom is 1.00 e. The molecule has 0 spiro atoms. The fourth-order valence-corrected chi connectivity index (χ4v) is 3.03. The van der Waals surface area contributed by atoms with Gasteiger partial charge in [0.05, 0.1) is 11.8 Å². The average Bonchev–Trinajstić information content (AvgIpc) is 3.00. The van der Waals surface area contributed by atoms with Crippen molar-refractivity contribution >= 4 is 39.9 Å².